The highest BCUT2D eigenvalue weighted by Crippen LogP contribution is 2.68. The van der Waals surface area contributed by atoms with Gasteiger partial charge >= 0.3 is 0 Å². The highest BCUT2D eigenvalue weighted by molar-refractivity contribution is 5.86. The van der Waals surface area contributed by atoms with Gasteiger partial charge in [-0.25, -0.2) is 0 Å². The first-order valence-electron chi connectivity index (χ1n) is 5.39. The van der Waals surface area contributed by atoms with Crippen LogP contribution < -0.4 is 0 Å². The van der Waals surface area contributed by atoms with Crippen LogP contribution in [-0.4, -0.2) is 5.78 Å². The highest BCUT2D eigenvalue weighted by atomic mass is 16.1. The van der Waals surface area contributed by atoms with Crippen molar-refractivity contribution in [2.75, 3.05) is 0 Å². The normalized spacial score (nSPS) is 50.2. The molecule has 0 aromatic rings. The van der Waals surface area contributed by atoms with Crippen LogP contribution >= 0.6 is 0 Å². The third kappa shape index (κ3) is 0.722. The van der Waals surface area contributed by atoms with Crippen molar-refractivity contribution in [2.24, 2.45) is 29.1 Å². The Morgan fingerprint density at radius 1 is 1.15 bits per heavy atom. The number of hydrogen-bond donors (Lipinski definition) is 0. The van der Waals surface area contributed by atoms with Crippen molar-refractivity contribution in [1.82, 2.24) is 0 Å². The molecular weight excluding hydrogens is 160 g/mol. The Bertz CT molecular complexity index is 274. The molecule has 2 saturated carbocycles. The molecule has 0 aromatic heterocycles. The van der Waals surface area contributed by atoms with Gasteiger partial charge in [0.15, 0.2) is 0 Å². The Labute approximate surface area is 79.2 Å². The van der Waals surface area contributed by atoms with E-state index in [1.807, 2.05) is 0 Å². The first-order valence-corrected chi connectivity index (χ1v) is 5.39. The van der Waals surface area contributed by atoms with Crippen molar-refractivity contribution < 1.29 is 4.79 Å². The minimum Gasteiger partial charge on any atom is -0.299 e. The summed E-state index contributed by atoms with van der Waals surface area (Å²) in [7, 11) is 0. The summed E-state index contributed by atoms with van der Waals surface area (Å²) in [4.78, 5) is 11.9. The van der Waals surface area contributed by atoms with Crippen LogP contribution in [0.2, 0.25) is 0 Å². The number of carbonyl (C=O) groups excluding carboxylic acids is 1. The number of rotatable bonds is 0. The van der Waals surface area contributed by atoms with E-state index in [4.69, 9.17) is 0 Å². The number of carbonyl (C=O) groups is 1. The molecule has 1 heteroatoms. The summed E-state index contributed by atoms with van der Waals surface area (Å²) in [5.74, 6) is 2.24. The predicted molar refractivity (Wildman–Crippen MR) is 51.1 cm³/mol. The Kier molecular flexibility index (Phi) is 1.24. The maximum absolute atomic E-state index is 11.9. The number of ketones is 1. The van der Waals surface area contributed by atoms with Gasteiger partial charge in [-0.15, -0.1) is 0 Å². The molecule has 0 radical (unpaired) electrons. The zero-order chi connectivity index (χ0) is 9.22. The molecule has 0 heterocycles. The molecular formula is C12H16O. The molecule has 0 unspecified atom stereocenters. The van der Waals surface area contributed by atoms with E-state index >= 15 is 0 Å². The molecule has 1 spiro atoms. The highest BCUT2D eigenvalue weighted by Gasteiger charge is 2.63. The molecule has 4 atom stereocenters. The van der Waals surface area contributed by atoms with Crippen LogP contribution in [0, 0.1) is 29.1 Å². The van der Waals surface area contributed by atoms with Crippen LogP contribution in [0.3, 0.4) is 0 Å². The van der Waals surface area contributed by atoms with Gasteiger partial charge in [-0.2, -0.15) is 0 Å². The van der Waals surface area contributed by atoms with Crippen molar-refractivity contribution in [3.05, 3.63) is 12.2 Å². The van der Waals surface area contributed by atoms with E-state index in [1.54, 1.807) is 0 Å². The first-order chi connectivity index (χ1) is 6.17. The lowest BCUT2D eigenvalue weighted by atomic mass is 9.64. The summed E-state index contributed by atoms with van der Waals surface area (Å²) in [6.45, 7) is 4.24. The Morgan fingerprint density at radius 2 is 1.62 bits per heavy atom. The average molecular weight is 176 g/mol. The minimum absolute atomic E-state index is 0.285. The fourth-order valence-corrected chi connectivity index (χ4v) is 3.75. The summed E-state index contributed by atoms with van der Waals surface area (Å²) in [6.07, 6.45) is 7.36. The SMILES string of the molecule is C[C@@H]1C(=O)[C@H](C)[C@H]2C=C[C@@H]1C21CC1. The van der Waals surface area contributed by atoms with E-state index in [0.717, 1.165) is 0 Å². The molecule has 3 aliphatic carbocycles. The van der Waals surface area contributed by atoms with Crippen LogP contribution in [0.4, 0.5) is 0 Å². The minimum atomic E-state index is 0.285. The van der Waals surface area contributed by atoms with E-state index in [2.05, 4.69) is 26.0 Å². The largest absolute Gasteiger partial charge is 0.299 e. The molecule has 2 bridgehead atoms. The van der Waals surface area contributed by atoms with Gasteiger partial charge in [-0.3, -0.25) is 4.79 Å². The maximum Gasteiger partial charge on any atom is 0.139 e. The van der Waals surface area contributed by atoms with E-state index in [1.165, 1.54) is 12.8 Å². The molecule has 0 aliphatic heterocycles. The molecule has 3 rings (SSSR count). The molecule has 0 saturated heterocycles. The molecule has 0 amide bonds. The van der Waals surface area contributed by atoms with Crippen molar-refractivity contribution in [2.45, 2.75) is 26.7 Å². The zero-order valence-corrected chi connectivity index (χ0v) is 8.29. The smallest absolute Gasteiger partial charge is 0.139 e. The molecule has 3 aliphatic rings. The van der Waals surface area contributed by atoms with Crippen LogP contribution in [0.5, 0.6) is 0 Å². The van der Waals surface area contributed by atoms with Gasteiger partial charge in [0.25, 0.3) is 0 Å². The van der Waals surface area contributed by atoms with Gasteiger partial charge in [0.2, 0.25) is 0 Å². The quantitative estimate of drug-likeness (QED) is 0.518. The van der Waals surface area contributed by atoms with Crippen molar-refractivity contribution >= 4 is 5.78 Å². The molecule has 0 aromatic carbocycles. The summed E-state index contributed by atoms with van der Waals surface area (Å²) < 4.78 is 0. The van der Waals surface area contributed by atoms with Crippen LogP contribution in [0.25, 0.3) is 0 Å². The monoisotopic (exact) mass is 176 g/mol. The first kappa shape index (κ1) is 7.78. The second-order valence-electron chi connectivity index (χ2n) is 5.15. The van der Waals surface area contributed by atoms with Crippen molar-refractivity contribution in [3.63, 3.8) is 0 Å². The van der Waals surface area contributed by atoms with Gasteiger partial charge < -0.3 is 0 Å². The molecule has 70 valence electrons. The van der Waals surface area contributed by atoms with Crippen LogP contribution in [0.1, 0.15) is 26.7 Å². The van der Waals surface area contributed by atoms with Crippen LogP contribution in [0.15, 0.2) is 12.2 Å². The van der Waals surface area contributed by atoms with Crippen molar-refractivity contribution in [3.8, 4) is 0 Å². The molecule has 1 nitrogen and oxygen atoms in total. The van der Waals surface area contributed by atoms with Crippen LogP contribution in [-0.2, 0) is 4.79 Å². The number of allylic oxidation sites excluding steroid dienone is 2. The molecule has 0 N–H and O–H groups in total. The fourth-order valence-electron chi connectivity index (χ4n) is 3.75. The van der Waals surface area contributed by atoms with Gasteiger partial charge in [-0.05, 0) is 30.1 Å². The lowest BCUT2D eigenvalue weighted by Crippen LogP contribution is -2.41. The zero-order valence-electron chi connectivity index (χ0n) is 8.29. The fraction of sp³-hybridized carbons (Fsp3) is 0.750. The third-order valence-electron chi connectivity index (χ3n) is 4.66. The van der Waals surface area contributed by atoms with E-state index in [0.29, 0.717) is 23.0 Å². The lowest BCUT2D eigenvalue weighted by Gasteiger charge is -2.38. The average Bonchev–Trinajstić information content (AvgIpc) is 2.78. The number of Topliss-reactive ketones (excluding diaryl/α,β-unsaturated/α-hetero) is 1. The Hall–Kier alpha value is -0.590. The predicted octanol–water partition coefficient (Wildman–Crippen LogP) is 2.42. The van der Waals surface area contributed by atoms with Gasteiger partial charge in [0.1, 0.15) is 5.78 Å². The third-order valence-corrected chi connectivity index (χ3v) is 4.66. The molecule has 2 fully saturated rings. The van der Waals surface area contributed by atoms with E-state index in [9.17, 15) is 4.79 Å². The van der Waals surface area contributed by atoms with Gasteiger partial charge in [0.05, 0.1) is 0 Å². The van der Waals surface area contributed by atoms with E-state index in [-0.39, 0.29) is 11.8 Å². The van der Waals surface area contributed by atoms with Gasteiger partial charge in [0, 0.05) is 11.8 Å². The Balaban J connectivity index is 2.06. The topological polar surface area (TPSA) is 17.1 Å². The standard InChI is InChI=1S/C12H16O/c1-7-9-3-4-10(8(2)11(7)13)12(9)5-6-12/h3-4,7-10H,5-6H2,1-2H3/t7-,8+,9-,10+. The number of hydrogen-bond acceptors (Lipinski definition) is 1. The second-order valence-corrected chi connectivity index (χ2v) is 5.15. The maximum atomic E-state index is 11.9. The summed E-state index contributed by atoms with van der Waals surface area (Å²) in [5.41, 5.74) is 0.548. The summed E-state index contributed by atoms with van der Waals surface area (Å²) >= 11 is 0. The Morgan fingerprint density at radius 3 is 2.00 bits per heavy atom. The lowest BCUT2D eigenvalue weighted by molar-refractivity contribution is -0.133. The van der Waals surface area contributed by atoms with Gasteiger partial charge in [-0.1, -0.05) is 26.0 Å². The van der Waals surface area contributed by atoms with Crippen molar-refractivity contribution in [1.29, 1.82) is 0 Å². The van der Waals surface area contributed by atoms with E-state index < -0.39 is 0 Å². The summed E-state index contributed by atoms with van der Waals surface area (Å²) in [5, 5.41) is 0. The second kappa shape index (κ2) is 2.08. The molecule has 13 heavy (non-hydrogen) atoms. The summed E-state index contributed by atoms with van der Waals surface area (Å²) in [6, 6.07) is 0.